The molecule has 0 aromatic rings. The lowest BCUT2D eigenvalue weighted by molar-refractivity contribution is -0.145. The Labute approximate surface area is 118 Å². The number of aliphatic carboxylic acids is 1. The average Bonchev–Trinajstić information content (AvgIpc) is 2.48. The second kappa shape index (κ2) is 7.56. The molecule has 0 aromatic heterocycles. The molecule has 2 heterocycles. The molecule has 2 aliphatic heterocycles. The Hall–Kier alpha value is -1.18. The Morgan fingerprint density at radius 2 is 2.00 bits per heavy atom. The van der Waals surface area contributed by atoms with Crippen molar-refractivity contribution in [2.45, 2.75) is 18.9 Å². The maximum absolute atomic E-state index is 12.0. The van der Waals surface area contributed by atoms with E-state index in [0.29, 0.717) is 52.3 Å². The molecule has 2 aliphatic rings. The minimum atomic E-state index is -0.760. The van der Waals surface area contributed by atoms with Crippen LogP contribution in [0.2, 0.25) is 0 Å². The zero-order valence-electron chi connectivity index (χ0n) is 11.5. The molecule has 1 unspecified atom stereocenters. The van der Waals surface area contributed by atoms with Crippen LogP contribution in [0.5, 0.6) is 0 Å². The lowest BCUT2D eigenvalue weighted by Gasteiger charge is -2.30. The van der Waals surface area contributed by atoms with Gasteiger partial charge in [-0.05, 0) is 12.8 Å². The van der Waals surface area contributed by atoms with Crippen LogP contribution in [-0.2, 0) is 19.1 Å². The topological polar surface area (TPSA) is 88.1 Å². The van der Waals surface area contributed by atoms with Crippen LogP contribution in [0.1, 0.15) is 12.8 Å². The number of nitrogens with one attached hydrogen (secondary N) is 1. The van der Waals surface area contributed by atoms with Crippen molar-refractivity contribution < 1.29 is 24.2 Å². The summed E-state index contributed by atoms with van der Waals surface area (Å²) in [5.74, 6) is -1.05. The zero-order chi connectivity index (χ0) is 14.4. The summed E-state index contributed by atoms with van der Waals surface area (Å²) < 4.78 is 10.7. The molecule has 7 nitrogen and oxygen atoms in total. The number of carbonyl (C=O) groups is 2. The van der Waals surface area contributed by atoms with Crippen LogP contribution < -0.4 is 5.32 Å². The first-order valence-electron chi connectivity index (χ1n) is 7.07. The van der Waals surface area contributed by atoms with Gasteiger partial charge >= 0.3 is 5.97 Å². The molecule has 0 aromatic carbocycles. The lowest BCUT2D eigenvalue weighted by Crippen LogP contribution is -2.46. The normalized spacial score (nSPS) is 24.6. The maximum Gasteiger partial charge on any atom is 0.306 e. The third-order valence-electron chi connectivity index (χ3n) is 3.73. The molecule has 20 heavy (non-hydrogen) atoms. The molecule has 2 rings (SSSR count). The summed E-state index contributed by atoms with van der Waals surface area (Å²) >= 11 is 0. The van der Waals surface area contributed by atoms with E-state index in [0.717, 1.165) is 0 Å². The highest BCUT2D eigenvalue weighted by Crippen LogP contribution is 2.17. The Morgan fingerprint density at radius 3 is 2.60 bits per heavy atom. The first-order valence-corrected chi connectivity index (χ1v) is 7.07. The fourth-order valence-corrected chi connectivity index (χ4v) is 2.48. The molecule has 1 atom stereocenters. The molecule has 0 saturated carbocycles. The molecular formula is C13H22N2O5. The molecule has 0 aliphatic carbocycles. The SMILES string of the molecule is O=C(O)C1CCN(C(=O)CNCC2COCCO2)CC1. The summed E-state index contributed by atoms with van der Waals surface area (Å²) in [5, 5.41) is 12.0. The van der Waals surface area contributed by atoms with Gasteiger partial charge in [-0.25, -0.2) is 0 Å². The van der Waals surface area contributed by atoms with E-state index in [1.165, 1.54) is 0 Å². The molecule has 2 fully saturated rings. The number of hydrogen-bond donors (Lipinski definition) is 2. The van der Waals surface area contributed by atoms with Gasteiger partial charge in [0.2, 0.25) is 5.91 Å². The Kier molecular flexibility index (Phi) is 5.75. The summed E-state index contributed by atoms with van der Waals surface area (Å²) in [6, 6.07) is 0. The zero-order valence-corrected chi connectivity index (χ0v) is 11.5. The van der Waals surface area contributed by atoms with Gasteiger partial charge in [-0.15, -0.1) is 0 Å². The monoisotopic (exact) mass is 286 g/mol. The van der Waals surface area contributed by atoms with Crippen LogP contribution in [0.25, 0.3) is 0 Å². The minimum Gasteiger partial charge on any atom is -0.481 e. The van der Waals surface area contributed by atoms with Crippen molar-refractivity contribution in [2.75, 3.05) is 46.0 Å². The lowest BCUT2D eigenvalue weighted by atomic mass is 9.97. The summed E-state index contributed by atoms with van der Waals surface area (Å²) in [5.41, 5.74) is 0. The van der Waals surface area contributed by atoms with E-state index in [1.54, 1.807) is 4.90 Å². The Balaban J connectivity index is 1.61. The van der Waals surface area contributed by atoms with Crippen molar-refractivity contribution in [2.24, 2.45) is 5.92 Å². The first kappa shape index (κ1) is 15.2. The number of carboxylic acids is 1. The maximum atomic E-state index is 12.0. The molecular weight excluding hydrogens is 264 g/mol. The quantitative estimate of drug-likeness (QED) is 0.696. The fourth-order valence-electron chi connectivity index (χ4n) is 2.48. The molecule has 7 heteroatoms. The van der Waals surface area contributed by atoms with Crippen LogP contribution >= 0.6 is 0 Å². The van der Waals surface area contributed by atoms with Crippen molar-refractivity contribution in [3.63, 3.8) is 0 Å². The number of likely N-dealkylation sites (tertiary alicyclic amines) is 1. The smallest absolute Gasteiger partial charge is 0.306 e. The van der Waals surface area contributed by atoms with Crippen molar-refractivity contribution in [1.29, 1.82) is 0 Å². The number of carboxylic acid groups (broad SMARTS) is 1. The first-order chi connectivity index (χ1) is 9.66. The Bertz CT molecular complexity index is 336. The highest BCUT2D eigenvalue weighted by molar-refractivity contribution is 5.78. The van der Waals surface area contributed by atoms with E-state index in [2.05, 4.69) is 5.32 Å². The van der Waals surface area contributed by atoms with Gasteiger partial charge in [-0.3, -0.25) is 9.59 Å². The molecule has 0 spiro atoms. The number of ether oxygens (including phenoxy) is 2. The van der Waals surface area contributed by atoms with Crippen LogP contribution in [0.15, 0.2) is 0 Å². The van der Waals surface area contributed by atoms with Gasteiger partial charge in [0, 0.05) is 19.6 Å². The van der Waals surface area contributed by atoms with E-state index >= 15 is 0 Å². The van der Waals surface area contributed by atoms with E-state index in [4.69, 9.17) is 14.6 Å². The van der Waals surface area contributed by atoms with Gasteiger partial charge in [-0.2, -0.15) is 0 Å². The number of piperidine rings is 1. The van der Waals surface area contributed by atoms with E-state index in [9.17, 15) is 9.59 Å². The van der Waals surface area contributed by atoms with Gasteiger partial charge in [0.25, 0.3) is 0 Å². The number of carbonyl (C=O) groups excluding carboxylic acids is 1. The van der Waals surface area contributed by atoms with Crippen LogP contribution in [-0.4, -0.2) is 74.0 Å². The van der Waals surface area contributed by atoms with Gasteiger partial charge in [0.15, 0.2) is 0 Å². The van der Waals surface area contributed by atoms with Gasteiger partial charge in [0.05, 0.1) is 38.4 Å². The van der Waals surface area contributed by atoms with Crippen LogP contribution in [0.3, 0.4) is 0 Å². The highest BCUT2D eigenvalue weighted by Gasteiger charge is 2.26. The number of nitrogens with zero attached hydrogens (tertiary/aromatic N) is 1. The van der Waals surface area contributed by atoms with Crippen LogP contribution in [0.4, 0.5) is 0 Å². The Morgan fingerprint density at radius 1 is 1.25 bits per heavy atom. The van der Waals surface area contributed by atoms with E-state index < -0.39 is 5.97 Å². The molecule has 2 N–H and O–H groups in total. The molecule has 0 radical (unpaired) electrons. The molecule has 0 bridgehead atoms. The van der Waals surface area contributed by atoms with Gasteiger partial charge in [0.1, 0.15) is 0 Å². The second-order valence-electron chi connectivity index (χ2n) is 5.19. The van der Waals surface area contributed by atoms with Crippen molar-refractivity contribution >= 4 is 11.9 Å². The third-order valence-corrected chi connectivity index (χ3v) is 3.73. The molecule has 1 amide bonds. The van der Waals surface area contributed by atoms with Crippen molar-refractivity contribution in [1.82, 2.24) is 10.2 Å². The summed E-state index contributed by atoms with van der Waals surface area (Å²) in [7, 11) is 0. The van der Waals surface area contributed by atoms with Gasteiger partial charge in [-0.1, -0.05) is 0 Å². The summed E-state index contributed by atoms with van der Waals surface area (Å²) in [4.78, 5) is 24.5. The van der Waals surface area contributed by atoms with Crippen LogP contribution in [0, 0.1) is 5.92 Å². The predicted octanol–water partition coefficient (Wildman–Crippen LogP) is -0.685. The average molecular weight is 286 g/mol. The predicted molar refractivity (Wildman–Crippen MR) is 70.4 cm³/mol. The molecule has 2 saturated heterocycles. The number of hydrogen-bond acceptors (Lipinski definition) is 5. The largest absolute Gasteiger partial charge is 0.481 e. The summed E-state index contributed by atoms with van der Waals surface area (Å²) in [6.45, 7) is 3.71. The number of rotatable bonds is 5. The summed E-state index contributed by atoms with van der Waals surface area (Å²) in [6.07, 6.45) is 1.09. The standard InChI is InChI=1S/C13H22N2O5/c16-12(8-14-7-11-9-19-5-6-20-11)15-3-1-10(2-4-15)13(17)18/h10-11,14H,1-9H2,(H,17,18). The van der Waals surface area contributed by atoms with Crippen molar-refractivity contribution in [3.05, 3.63) is 0 Å². The van der Waals surface area contributed by atoms with Gasteiger partial charge < -0.3 is 24.8 Å². The molecule has 114 valence electrons. The van der Waals surface area contributed by atoms with E-state index in [1.807, 2.05) is 0 Å². The highest BCUT2D eigenvalue weighted by atomic mass is 16.6. The second-order valence-corrected chi connectivity index (χ2v) is 5.19. The minimum absolute atomic E-state index is 0.00861. The number of amides is 1. The van der Waals surface area contributed by atoms with E-state index in [-0.39, 0.29) is 24.5 Å². The third kappa shape index (κ3) is 4.43. The fraction of sp³-hybridized carbons (Fsp3) is 0.846. The van der Waals surface area contributed by atoms with Crippen molar-refractivity contribution in [3.8, 4) is 0 Å².